The van der Waals surface area contributed by atoms with E-state index in [4.69, 9.17) is 0 Å². The summed E-state index contributed by atoms with van der Waals surface area (Å²) in [5.41, 5.74) is 0. The van der Waals surface area contributed by atoms with Crippen LogP contribution in [0.3, 0.4) is 0 Å². The molecule has 0 saturated carbocycles. The summed E-state index contributed by atoms with van der Waals surface area (Å²) in [4.78, 5) is 0. The van der Waals surface area contributed by atoms with Crippen LogP contribution in [0.25, 0.3) is 0 Å². The van der Waals surface area contributed by atoms with Crippen molar-refractivity contribution in [2.75, 3.05) is 26.7 Å². The van der Waals surface area contributed by atoms with Crippen molar-refractivity contribution in [3.63, 3.8) is 0 Å². The summed E-state index contributed by atoms with van der Waals surface area (Å²) in [5, 5.41) is 6.10. The number of hydrogen-bond donors (Lipinski definition) is 2. The van der Waals surface area contributed by atoms with Crippen LogP contribution in [0.5, 0.6) is 0 Å². The van der Waals surface area contributed by atoms with Crippen LogP contribution in [0.1, 0.15) is 25.7 Å². The lowest BCUT2D eigenvalue weighted by Crippen LogP contribution is -2.21. The molecule has 0 atom stereocenters. The Morgan fingerprint density at radius 2 is 1.57 bits per heavy atom. The van der Waals surface area contributed by atoms with Gasteiger partial charge >= 0.3 is 6.18 Å². The van der Waals surface area contributed by atoms with Crippen molar-refractivity contribution < 1.29 is 13.2 Å². The van der Waals surface area contributed by atoms with Gasteiger partial charge in [0.05, 0.1) is 0 Å². The van der Waals surface area contributed by atoms with Crippen LogP contribution >= 0.6 is 0 Å². The zero-order valence-corrected chi connectivity index (χ0v) is 8.58. The maximum atomic E-state index is 11.7. The van der Waals surface area contributed by atoms with Crippen molar-refractivity contribution in [3.05, 3.63) is 0 Å². The molecule has 0 aromatic carbocycles. The molecule has 0 saturated heterocycles. The summed E-state index contributed by atoms with van der Waals surface area (Å²) in [7, 11) is 1.88. The van der Waals surface area contributed by atoms with Gasteiger partial charge in [-0.1, -0.05) is 0 Å². The maximum absolute atomic E-state index is 11.7. The Morgan fingerprint density at radius 3 is 2.14 bits per heavy atom. The Bertz CT molecular complexity index is 126. The number of halogens is 3. The van der Waals surface area contributed by atoms with Crippen molar-refractivity contribution >= 4 is 0 Å². The first-order chi connectivity index (χ1) is 6.56. The molecule has 0 amide bonds. The number of unbranched alkanes of at least 4 members (excludes halogenated alkanes) is 1. The van der Waals surface area contributed by atoms with Crippen LogP contribution in [0.2, 0.25) is 0 Å². The van der Waals surface area contributed by atoms with Gasteiger partial charge in [0, 0.05) is 6.42 Å². The van der Waals surface area contributed by atoms with E-state index in [1.807, 2.05) is 7.05 Å². The minimum atomic E-state index is -3.99. The normalized spacial score (nSPS) is 12.0. The van der Waals surface area contributed by atoms with Crippen LogP contribution in [-0.2, 0) is 0 Å². The molecule has 0 aromatic rings. The standard InChI is InChI=1S/C9H19F3N2/c1-13-6-4-8-14-7-3-2-5-9(10,11)12/h13-14H,2-8H2,1H3. The molecule has 5 heteroatoms. The molecule has 0 unspecified atom stereocenters. The van der Waals surface area contributed by atoms with E-state index < -0.39 is 12.6 Å². The molecule has 0 aromatic heterocycles. The summed E-state index contributed by atoms with van der Waals surface area (Å²) in [6.45, 7) is 2.49. The highest BCUT2D eigenvalue weighted by molar-refractivity contribution is 4.54. The summed E-state index contributed by atoms with van der Waals surface area (Å²) < 4.78 is 35.1. The third-order valence-electron chi connectivity index (χ3n) is 1.84. The fourth-order valence-corrected chi connectivity index (χ4v) is 1.09. The van der Waals surface area contributed by atoms with Crippen LogP contribution in [0, 0.1) is 0 Å². The van der Waals surface area contributed by atoms with Gasteiger partial charge in [0.1, 0.15) is 0 Å². The molecule has 0 spiro atoms. The molecular weight excluding hydrogens is 193 g/mol. The Kier molecular flexibility index (Phi) is 7.89. The van der Waals surface area contributed by atoms with E-state index in [2.05, 4.69) is 10.6 Å². The van der Waals surface area contributed by atoms with Gasteiger partial charge in [-0.3, -0.25) is 0 Å². The molecular formula is C9H19F3N2. The minimum absolute atomic E-state index is 0.225. The van der Waals surface area contributed by atoms with Gasteiger partial charge in [0.2, 0.25) is 0 Å². The van der Waals surface area contributed by atoms with E-state index in [0.717, 1.165) is 19.5 Å². The molecule has 0 rings (SSSR count). The monoisotopic (exact) mass is 212 g/mol. The number of alkyl halides is 3. The Balaban J connectivity index is 2.99. The zero-order chi connectivity index (χ0) is 10.9. The average Bonchev–Trinajstić information content (AvgIpc) is 2.08. The molecule has 0 aliphatic heterocycles. The first-order valence-electron chi connectivity index (χ1n) is 4.98. The highest BCUT2D eigenvalue weighted by Gasteiger charge is 2.25. The highest BCUT2D eigenvalue weighted by atomic mass is 19.4. The van der Waals surface area contributed by atoms with E-state index in [1.54, 1.807) is 0 Å². The van der Waals surface area contributed by atoms with E-state index >= 15 is 0 Å². The largest absolute Gasteiger partial charge is 0.389 e. The molecule has 0 aliphatic carbocycles. The first-order valence-corrected chi connectivity index (χ1v) is 4.98. The van der Waals surface area contributed by atoms with Gasteiger partial charge in [-0.25, -0.2) is 0 Å². The van der Waals surface area contributed by atoms with Gasteiger partial charge in [-0.2, -0.15) is 13.2 Å². The predicted molar refractivity (Wildman–Crippen MR) is 51.3 cm³/mol. The van der Waals surface area contributed by atoms with Crippen LogP contribution in [0.4, 0.5) is 13.2 Å². The fourth-order valence-electron chi connectivity index (χ4n) is 1.09. The number of nitrogens with one attached hydrogen (secondary N) is 2. The van der Waals surface area contributed by atoms with Gasteiger partial charge in [-0.05, 0) is 45.9 Å². The minimum Gasteiger partial charge on any atom is -0.320 e. The van der Waals surface area contributed by atoms with Crippen molar-refractivity contribution in [1.29, 1.82) is 0 Å². The lowest BCUT2D eigenvalue weighted by Gasteiger charge is -2.06. The van der Waals surface area contributed by atoms with Crippen molar-refractivity contribution in [2.45, 2.75) is 31.9 Å². The summed E-state index contributed by atoms with van der Waals surface area (Å²) >= 11 is 0. The molecule has 14 heavy (non-hydrogen) atoms. The highest BCUT2D eigenvalue weighted by Crippen LogP contribution is 2.21. The smallest absolute Gasteiger partial charge is 0.320 e. The second kappa shape index (κ2) is 8.05. The van der Waals surface area contributed by atoms with E-state index in [0.29, 0.717) is 13.0 Å². The van der Waals surface area contributed by atoms with E-state index in [-0.39, 0.29) is 6.42 Å². The van der Waals surface area contributed by atoms with Gasteiger partial charge < -0.3 is 10.6 Å². The van der Waals surface area contributed by atoms with Crippen molar-refractivity contribution in [3.8, 4) is 0 Å². The van der Waals surface area contributed by atoms with Crippen LogP contribution < -0.4 is 10.6 Å². The fraction of sp³-hybridized carbons (Fsp3) is 1.00. The van der Waals surface area contributed by atoms with Gasteiger partial charge in [-0.15, -0.1) is 0 Å². The summed E-state index contributed by atoms with van der Waals surface area (Å²) in [6, 6.07) is 0. The third-order valence-corrected chi connectivity index (χ3v) is 1.84. The summed E-state index contributed by atoms with van der Waals surface area (Å²) in [6.07, 6.45) is -2.82. The molecule has 86 valence electrons. The topological polar surface area (TPSA) is 24.1 Å². The van der Waals surface area contributed by atoms with E-state index in [1.165, 1.54) is 0 Å². The lowest BCUT2D eigenvalue weighted by atomic mass is 10.2. The Labute approximate surface area is 83.3 Å². The number of rotatable bonds is 8. The third kappa shape index (κ3) is 11.7. The zero-order valence-electron chi connectivity index (χ0n) is 8.58. The van der Waals surface area contributed by atoms with Crippen molar-refractivity contribution in [2.24, 2.45) is 0 Å². The van der Waals surface area contributed by atoms with E-state index in [9.17, 15) is 13.2 Å². The quantitative estimate of drug-likeness (QED) is 0.601. The van der Waals surface area contributed by atoms with Crippen LogP contribution in [0.15, 0.2) is 0 Å². The second-order valence-electron chi connectivity index (χ2n) is 3.28. The second-order valence-corrected chi connectivity index (χ2v) is 3.28. The van der Waals surface area contributed by atoms with Gasteiger partial charge in [0.15, 0.2) is 0 Å². The van der Waals surface area contributed by atoms with Gasteiger partial charge in [0.25, 0.3) is 0 Å². The molecule has 0 bridgehead atoms. The molecule has 2 nitrogen and oxygen atoms in total. The SMILES string of the molecule is CNCCCNCCCCC(F)(F)F. The average molecular weight is 212 g/mol. The van der Waals surface area contributed by atoms with Crippen molar-refractivity contribution in [1.82, 2.24) is 10.6 Å². The molecule has 0 heterocycles. The predicted octanol–water partition coefficient (Wildman–Crippen LogP) is 1.92. The maximum Gasteiger partial charge on any atom is 0.389 e. The van der Waals surface area contributed by atoms with Crippen LogP contribution in [-0.4, -0.2) is 32.9 Å². The Hall–Kier alpha value is -0.290. The summed E-state index contributed by atoms with van der Waals surface area (Å²) in [5.74, 6) is 0. The lowest BCUT2D eigenvalue weighted by molar-refractivity contribution is -0.135. The molecule has 0 aliphatic rings. The molecule has 2 N–H and O–H groups in total. The first kappa shape index (κ1) is 13.7. The number of hydrogen-bond acceptors (Lipinski definition) is 2. The molecule has 0 fully saturated rings. The molecule has 0 radical (unpaired) electrons. The Morgan fingerprint density at radius 1 is 0.929 bits per heavy atom.